The molecule has 10 heteroatoms. The molecule has 8 nitrogen and oxygen atoms in total. The number of amidine groups is 1. The van der Waals surface area contributed by atoms with Crippen molar-refractivity contribution >= 4 is 68.1 Å². The first-order valence-corrected chi connectivity index (χ1v) is 14.8. The van der Waals surface area contributed by atoms with Gasteiger partial charge in [-0.25, -0.2) is 9.79 Å². The fourth-order valence-electron chi connectivity index (χ4n) is 4.13. The number of carbonyl (C=O) groups is 3. The van der Waals surface area contributed by atoms with Gasteiger partial charge in [0.2, 0.25) is 0 Å². The van der Waals surface area contributed by atoms with Crippen LogP contribution in [0.25, 0.3) is 6.08 Å². The zero-order valence-electron chi connectivity index (χ0n) is 23.0. The summed E-state index contributed by atoms with van der Waals surface area (Å²) < 4.78 is 6.35. The molecule has 1 fully saturated rings. The average molecular weight is 657 g/mol. The van der Waals surface area contributed by atoms with Gasteiger partial charge in [0.05, 0.1) is 27.2 Å². The first kappa shape index (κ1) is 29.8. The Kier molecular flexibility index (Phi) is 9.38. The zero-order chi connectivity index (χ0) is 30.3. The van der Waals surface area contributed by atoms with Gasteiger partial charge in [-0.05, 0) is 100 Å². The highest BCUT2D eigenvalue weighted by atomic mass is 79.9. The Morgan fingerprint density at radius 3 is 2.40 bits per heavy atom. The Balaban J connectivity index is 1.31. The lowest BCUT2D eigenvalue weighted by atomic mass is 10.1. The fourth-order valence-corrected chi connectivity index (χ4v) is 5.64. The molecule has 0 unspecified atom stereocenters. The number of hydrogen-bond donors (Lipinski definition) is 2. The van der Waals surface area contributed by atoms with Crippen molar-refractivity contribution in [3.8, 4) is 5.75 Å². The van der Waals surface area contributed by atoms with Crippen LogP contribution in [0.1, 0.15) is 27.0 Å². The second kappa shape index (κ2) is 13.5. The summed E-state index contributed by atoms with van der Waals surface area (Å²) in [5.74, 6) is -1.02. The number of ether oxygens (including phenoxy) is 1. The number of aryl methyl sites for hydroxylation is 1. The minimum absolute atomic E-state index is 0.164. The highest BCUT2D eigenvalue weighted by Gasteiger charge is 2.33. The average Bonchev–Trinajstić information content (AvgIpc) is 3.27. The van der Waals surface area contributed by atoms with Gasteiger partial charge in [-0.3, -0.25) is 14.5 Å². The number of benzene rings is 4. The largest absolute Gasteiger partial charge is 0.483 e. The van der Waals surface area contributed by atoms with Crippen molar-refractivity contribution in [1.29, 1.82) is 0 Å². The number of aromatic carboxylic acids is 1. The van der Waals surface area contributed by atoms with E-state index in [1.165, 1.54) is 23.9 Å². The van der Waals surface area contributed by atoms with E-state index < -0.39 is 5.97 Å². The molecule has 0 bridgehead atoms. The van der Waals surface area contributed by atoms with Gasteiger partial charge in [0.1, 0.15) is 5.75 Å². The number of amides is 2. The summed E-state index contributed by atoms with van der Waals surface area (Å²) in [7, 11) is 0. The number of hydrogen-bond acceptors (Lipinski definition) is 6. The molecule has 43 heavy (non-hydrogen) atoms. The normalized spacial score (nSPS) is 14.7. The quantitative estimate of drug-likeness (QED) is 0.184. The molecular formula is C33H26BrN3O5S. The molecule has 1 heterocycles. The van der Waals surface area contributed by atoms with Crippen molar-refractivity contribution < 1.29 is 24.2 Å². The monoisotopic (exact) mass is 655 g/mol. The van der Waals surface area contributed by atoms with E-state index in [2.05, 4.69) is 21.2 Å². The van der Waals surface area contributed by atoms with E-state index in [0.29, 0.717) is 31.7 Å². The predicted molar refractivity (Wildman–Crippen MR) is 173 cm³/mol. The van der Waals surface area contributed by atoms with E-state index in [4.69, 9.17) is 9.73 Å². The third kappa shape index (κ3) is 7.79. The fraction of sp³-hybridized carbons (Fsp3) is 0.0909. The molecule has 0 saturated carbocycles. The number of carbonyl (C=O) groups excluding carboxylic acids is 2. The van der Waals surface area contributed by atoms with E-state index in [-0.39, 0.29) is 30.5 Å². The lowest BCUT2D eigenvalue weighted by Gasteiger charge is -2.16. The van der Waals surface area contributed by atoms with Crippen LogP contribution in [0.5, 0.6) is 5.75 Å². The third-order valence-corrected chi connectivity index (χ3v) is 7.98. The van der Waals surface area contributed by atoms with Crippen LogP contribution in [0.2, 0.25) is 0 Å². The van der Waals surface area contributed by atoms with Gasteiger partial charge < -0.3 is 15.2 Å². The van der Waals surface area contributed by atoms with Crippen molar-refractivity contribution in [3.63, 3.8) is 0 Å². The number of aliphatic imine (C=N–C) groups is 1. The number of para-hydroxylation sites is 1. The lowest BCUT2D eigenvalue weighted by molar-refractivity contribution is -0.122. The molecule has 0 spiro atoms. The van der Waals surface area contributed by atoms with Crippen LogP contribution in [0, 0.1) is 6.92 Å². The van der Waals surface area contributed by atoms with Gasteiger partial charge in [0.15, 0.2) is 11.8 Å². The predicted octanol–water partition coefficient (Wildman–Crippen LogP) is 7.28. The molecule has 2 N–H and O–H groups in total. The van der Waals surface area contributed by atoms with Gasteiger partial charge in [0.25, 0.3) is 11.8 Å². The number of rotatable bonds is 9. The smallest absolute Gasteiger partial charge is 0.335 e. The SMILES string of the molecule is Cc1ccc(NC(=O)COc2ccc(/C=C3\SC(=Nc4ccccc4)N(Cc4ccc(C(=O)O)cc4)C3=O)cc2Br)cc1. The summed E-state index contributed by atoms with van der Waals surface area (Å²) in [6, 6.07) is 28.6. The van der Waals surface area contributed by atoms with Crippen molar-refractivity contribution in [2.45, 2.75) is 13.5 Å². The van der Waals surface area contributed by atoms with Crippen LogP contribution >= 0.6 is 27.7 Å². The molecule has 0 atom stereocenters. The summed E-state index contributed by atoms with van der Waals surface area (Å²) in [6.07, 6.45) is 1.78. The Morgan fingerprint density at radius 1 is 1.00 bits per heavy atom. The first-order valence-electron chi connectivity index (χ1n) is 13.2. The molecule has 5 rings (SSSR count). The summed E-state index contributed by atoms with van der Waals surface area (Å²) in [4.78, 5) is 43.9. The van der Waals surface area contributed by atoms with E-state index >= 15 is 0 Å². The molecule has 1 aliphatic rings. The number of carboxylic acid groups (broad SMARTS) is 1. The minimum atomic E-state index is -1.01. The topological polar surface area (TPSA) is 108 Å². The first-order chi connectivity index (χ1) is 20.7. The van der Waals surface area contributed by atoms with E-state index in [1.54, 1.807) is 35.2 Å². The maximum absolute atomic E-state index is 13.6. The molecule has 216 valence electrons. The molecule has 0 aliphatic carbocycles. The Labute approximate surface area is 261 Å². The Morgan fingerprint density at radius 2 is 1.72 bits per heavy atom. The van der Waals surface area contributed by atoms with Crippen LogP contribution < -0.4 is 10.1 Å². The van der Waals surface area contributed by atoms with Gasteiger partial charge in [-0.2, -0.15) is 0 Å². The molecule has 0 radical (unpaired) electrons. The van der Waals surface area contributed by atoms with Crippen molar-refractivity contribution in [1.82, 2.24) is 4.90 Å². The van der Waals surface area contributed by atoms with Crippen LogP contribution in [0.3, 0.4) is 0 Å². The van der Waals surface area contributed by atoms with Crippen LogP contribution in [0.4, 0.5) is 11.4 Å². The van der Waals surface area contributed by atoms with E-state index in [9.17, 15) is 19.5 Å². The molecule has 4 aromatic carbocycles. The maximum Gasteiger partial charge on any atom is 0.335 e. The summed E-state index contributed by atoms with van der Waals surface area (Å²) >= 11 is 4.77. The third-order valence-electron chi connectivity index (χ3n) is 6.36. The lowest BCUT2D eigenvalue weighted by Crippen LogP contribution is -2.28. The molecule has 2 amide bonds. The highest BCUT2D eigenvalue weighted by Crippen LogP contribution is 2.36. The van der Waals surface area contributed by atoms with E-state index in [1.807, 2.05) is 67.6 Å². The van der Waals surface area contributed by atoms with Crippen LogP contribution in [-0.2, 0) is 16.1 Å². The second-order valence-electron chi connectivity index (χ2n) is 9.63. The van der Waals surface area contributed by atoms with Gasteiger partial charge in [0, 0.05) is 5.69 Å². The van der Waals surface area contributed by atoms with Crippen LogP contribution in [-0.4, -0.2) is 39.6 Å². The van der Waals surface area contributed by atoms with Crippen LogP contribution in [0.15, 0.2) is 111 Å². The molecular weight excluding hydrogens is 630 g/mol. The Hall–Kier alpha value is -4.67. The number of nitrogens with one attached hydrogen (secondary N) is 1. The number of nitrogens with zero attached hydrogens (tertiary/aromatic N) is 2. The standard InChI is InChI=1S/C33H26BrN3O5S/c1-21-7-14-26(15-8-21)35-30(38)20-42-28-16-11-23(17-27(28)34)18-29-31(39)37(19-22-9-12-24(13-10-22)32(40)41)33(43-29)36-25-5-3-2-4-6-25/h2-18H,19-20H2,1H3,(H,35,38)(H,40,41)/b29-18-,36-33?. The number of anilines is 1. The molecule has 0 aromatic heterocycles. The summed E-state index contributed by atoms with van der Waals surface area (Å²) in [5.41, 5.74) is 4.21. The van der Waals surface area contributed by atoms with Gasteiger partial charge in [-0.1, -0.05) is 54.1 Å². The second-order valence-corrected chi connectivity index (χ2v) is 11.5. The minimum Gasteiger partial charge on any atom is -0.483 e. The molecule has 1 aliphatic heterocycles. The number of carboxylic acids is 1. The highest BCUT2D eigenvalue weighted by molar-refractivity contribution is 9.10. The van der Waals surface area contributed by atoms with Gasteiger partial charge >= 0.3 is 5.97 Å². The summed E-state index contributed by atoms with van der Waals surface area (Å²) in [6.45, 7) is 2.05. The maximum atomic E-state index is 13.6. The number of thioether (sulfide) groups is 1. The van der Waals surface area contributed by atoms with Gasteiger partial charge in [-0.15, -0.1) is 0 Å². The Bertz CT molecular complexity index is 1720. The molecule has 1 saturated heterocycles. The zero-order valence-corrected chi connectivity index (χ0v) is 25.4. The van der Waals surface area contributed by atoms with Crippen molar-refractivity contribution in [3.05, 3.63) is 129 Å². The van der Waals surface area contributed by atoms with Crippen molar-refractivity contribution in [2.75, 3.05) is 11.9 Å². The number of halogens is 1. The molecule has 4 aromatic rings. The van der Waals surface area contributed by atoms with E-state index in [0.717, 1.165) is 16.7 Å². The summed E-state index contributed by atoms with van der Waals surface area (Å²) in [5, 5.41) is 12.5. The van der Waals surface area contributed by atoms with Crippen molar-refractivity contribution in [2.24, 2.45) is 4.99 Å².